The van der Waals surface area contributed by atoms with Gasteiger partial charge in [0.25, 0.3) is 0 Å². The highest BCUT2D eigenvalue weighted by Crippen LogP contribution is 2.14. The third-order valence-electron chi connectivity index (χ3n) is 2.52. The predicted octanol–water partition coefficient (Wildman–Crippen LogP) is 2.61. The van der Waals surface area contributed by atoms with Gasteiger partial charge in [-0.2, -0.15) is 0 Å². The van der Waals surface area contributed by atoms with Crippen LogP contribution in [0.4, 0.5) is 14.9 Å². The van der Waals surface area contributed by atoms with Gasteiger partial charge in [0.1, 0.15) is 10.8 Å². The lowest BCUT2D eigenvalue weighted by atomic mass is 10.2. The van der Waals surface area contributed by atoms with E-state index in [0.29, 0.717) is 0 Å². The second kappa shape index (κ2) is 6.31. The van der Waals surface area contributed by atoms with Crippen LogP contribution in [0.2, 0.25) is 0 Å². The Hall–Kier alpha value is -2.48. The number of hydrogen-bond donors (Lipinski definition) is 3. The number of urea groups is 1. The van der Waals surface area contributed by atoms with E-state index in [0.717, 1.165) is 22.8 Å². The Morgan fingerprint density at radius 1 is 1.43 bits per heavy atom. The number of rotatable bonds is 4. The molecule has 2 amide bonds. The summed E-state index contributed by atoms with van der Waals surface area (Å²) in [6.45, 7) is 2.12. The van der Waals surface area contributed by atoms with Gasteiger partial charge in [-0.25, -0.2) is 19.0 Å². The van der Waals surface area contributed by atoms with Gasteiger partial charge in [0.2, 0.25) is 0 Å². The molecule has 0 saturated carbocycles. The topological polar surface area (TPSA) is 91.3 Å². The van der Waals surface area contributed by atoms with Crippen LogP contribution in [0.3, 0.4) is 0 Å². The maximum atomic E-state index is 13.4. The molecule has 0 atom stereocenters. The Morgan fingerprint density at radius 3 is 2.76 bits per heavy atom. The lowest BCUT2D eigenvalue weighted by molar-refractivity contribution is 0.0692. The van der Waals surface area contributed by atoms with E-state index in [2.05, 4.69) is 15.6 Å². The van der Waals surface area contributed by atoms with E-state index in [-0.39, 0.29) is 12.2 Å². The van der Waals surface area contributed by atoms with Gasteiger partial charge in [-0.1, -0.05) is 0 Å². The Labute approximate surface area is 123 Å². The predicted molar refractivity (Wildman–Crippen MR) is 76.1 cm³/mol. The Balaban J connectivity index is 1.93. The third kappa shape index (κ3) is 3.99. The molecule has 110 valence electrons. The highest BCUT2D eigenvalue weighted by molar-refractivity contribution is 7.09. The molecule has 0 bridgehead atoms. The zero-order chi connectivity index (χ0) is 15.4. The highest BCUT2D eigenvalue weighted by Gasteiger charge is 2.11. The molecule has 6 nitrogen and oxygen atoms in total. The van der Waals surface area contributed by atoms with E-state index in [9.17, 15) is 14.0 Å². The molecule has 0 fully saturated rings. The van der Waals surface area contributed by atoms with Gasteiger partial charge in [-0.15, -0.1) is 11.3 Å². The second-order valence-electron chi connectivity index (χ2n) is 4.19. The Morgan fingerprint density at radius 2 is 2.19 bits per heavy atom. The number of aryl methyl sites for hydroxylation is 1. The van der Waals surface area contributed by atoms with Crippen molar-refractivity contribution in [3.8, 4) is 0 Å². The molecule has 3 N–H and O–H groups in total. The quantitative estimate of drug-likeness (QED) is 0.809. The van der Waals surface area contributed by atoms with E-state index < -0.39 is 23.4 Å². The molecular weight excluding hydrogens is 297 g/mol. The Bertz CT molecular complexity index is 687. The first-order chi connectivity index (χ1) is 9.95. The molecule has 2 aromatic rings. The van der Waals surface area contributed by atoms with Gasteiger partial charge in [-0.3, -0.25) is 0 Å². The van der Waals surface area contributed by atoms with E-state index >= 15 is 0 Å². The summed E-state index contributed by atoms with van der Waals surface area (Å²) in [4.78, 5) is 26.5. The van der Waals surface area contributed by atoms with Crippen LogP contribution in [0.15, 0.2) is 23.6 Å². The van der Waals surface area contributed by atoms with Gasteiger partial charge < -0.3 is 15.7 Å². The fraction of sp³-hybridized carbons (Fsp3) is 0.154. The third-order valence-corrected chi connectivity index (χ3v) is 3.49. The van der Waals surface area contributed by atoms with Crippen molar-refractivity contribution in [3.63, 3.8) is 0 Å². The van der Waals surface area contributed by atoms with Crippen LogP contribution in [0.5, 0.6) is 0 Å². The summed E-state index contributed by atoms with van der Waals surface area (Å²) < 4.78 is 13.4. The minimum atomic E-state index is -1.36. The summed E-state index contributed by atoms with van der Waals surface area (Å²) in [6.07, 6.45) is 0. The monoisotopic (exact) mass is 309 g/mol. The van der Waals surface area contributed by atoms with Crippen molar-refractivity contribution in [3.05, 3.63) is 45.7 Å². The van der Waals surface area contributed by atoms with Crippen LogP contribution >= 0.6 is 11.3 Å². The summed E-state index contributed by atoms with van der Waals surface area (Å²) in [5, 5.41) is 16.3. The van der Waals surface area contributed by atoms with Crippen molar-refractivity contribution in [1.29, 1.82) is 0 Å². The average molecular weight is 309 g/mol. The minimum Gasteiger partial charge on any atom is -0.478 e. The van der Waals surface area contributed by atoms with E-state index in [1.165, 1.54) is 17.4 Å². The van der Waals surface area contributed by atoms with Gasteiger partial charge in [0, 0.05) is 16.8 Å². The second-order valence-corrected chi connectivity index (χ2v) is 5.13. The summed E-state index contributed by atoms with van der Waals surface area (Å²) in [5.74, 6) is -2.27. The van der Waals surface area contributed by atoms with Crippen LogP contribution < -0.4 is 10.6 Å². The van der Waals surface area contributed by atoms with E-state index in [1.807, 2.05) is 12.3 Å². The van der Waals surface area contributed by atoms with Crippen LogP contribution in [0, 0.1) is 12.7 Å². The zero-order valence-electron chi connectivity index (χ0n) is 11.0. The lowest BCUT2D eigenvalue weighted by Gasteiger charge is -2.07. The van der Waals surface area contributed by atoms with Crippen molar-refractivity contribution in [2.75, 3.05) is 5.32 Å². The molecule has 0 unspecified atom stereocenters. The SMILES string of the molecule is Cc1csc(CNC(=O)Nc2ccc(C(=O)O)c(F)c2)n1. The summed E-state index contributed by atoms with van der Waals surface area (Å²) >= 11 is 1.43. The number of carboxylic acid groups (broad SMARTS) is 1. The van der Waals surface area contributed by atoms with Crippen molar-refractivity contribution >= 4 is 29.0 Å². The normalized spacial score (nSPS) is 10.2. The van der Waals surface area contributed by atoms with Gasteiger partial charge in [0.15, 0.2) is 0 Å². The number of aromatic nitrogens is 1. The Kier molecular flexibility index (Phi) is 4.49. The first-order valence-corrected chi connectivity index (χ1v) is 6.82. The zero-order valence-corrected chi connectivity index (χ0v) is 11.8. The molecular formula is C13H12FN3O3S. The first kappa shape index (κ1) is 14.9. The number of aromatic carboxylic acids is 1. The standard InChI is InChI=1S/C13H12FN3O3S/c1-7-6-21-11(16-7)5-15-13(20)17-8-2-3-9(12(18)19)10(14)4-8/h2-4,6H,5H2,1H3,(H,18,19)(H2,15,17,20). The summed E-state index contributed by atoms with van der Waals surface area (Å²) in [6, 6.07) is 2.85. The van der Waals surface area contributed by atoms with E-state index in [1.54, 1.807) is 0 Å². The van der Waals surface area contributed by atoms with Crippen LogP contribution in [-0.2, 0) is 6.54 Å². The molecule has 1 heterocycles. The molecule has 2 rings (SSSR count). The fourth-order valence-corrected chi connectivity index (χ4v) is 2.29. The van der Waals surface area contributed by atoms with E-state index in [4.69, 9.17) is 5.11 Å². The van der Waals surface area contributed by atoms with Gasteiger partial charge in [0.05, 0.1) is 12.1 Å². The smallest absolute Gasteiger partial charge is 0.338 e. The largest absolute Gasteiger partial charge is 0.478 e. The van der Waals surface area contributed by atoms with Gasteiger partial charge >= 0.3 is 12.0 Å². The van der Waals surface area contributed by atoms with Crippen molar-refractivity contribution in [2.24, 2.45) is 0 Å². The molecule has 0 aliphatic heterocycles. The first-order valence-electron chi connectivity index (χ1n) is 5.94. The summed E-state index contributed by atoms with van der Waals surface area (Å²) in [5.41, 5.74) is 0.605. The van der Waals surface area contributed by atoms with Crippen molar-refractivity contribution < 1.29 is 19.1 Å². The molecule has 0 saturated heterocycles. The summed E-state index contributed by atoms with van der Waals surface area (Å²) in [7, 11) is 0. The molecule has 1 aromatic heterocycles. The molecule has 0 radical (unpaired) electrons. The van der Waals surface area contributed by atoms with Crippen LogP contribution in [0.25, 0.3) is 0 Å². The average Bonchev–Trinajstić information content (AvgIpc) is 2.82. The number of benzene rings is 1. The number of amides is 2. The number of halogens is 1. The maximum Gasteiger partial charge on any atom is 0.338 e. The number of anilines is 1. The molecule has 21 heavy (non-hydrogen) atoms. The number of carbonyl (C=O) groups excluding carboxylic acids is 1. The van der Waals surface area contributed by atoms with Crippen LogP contribution in [-0.4, -0.2) is 22.1 Å². The molecule has 0 spiro atoms. The molecule has 1 aromatic carbocycles. The maximum absolute atomic E-state index is 13.4. The lowest BCUT2D eigenvalue weighted by Crippen LogP contribution is -2.28. The molecule has 8 heteroatoms. The molecule has 0 aliphatic rings. The van der Waals surface area contributed by atoms with Crippen molar-refractivity contribution in [1.82, 2.24) is 10.3 Å². The highest BCUT2D eigenvalue weighted by atomic mass is 32.1. The number of carbonyl (C=O) groups is 2. The van der Waals surface area contributed by atoms with Crippen LogP contribution in [0.1, 0.15) is 21.1 Å². The number of hydrogen-bond acceptors (Lipinski definition) is 4. The number of nitrogens with one attached hydrogen (secondary N) is 2. The number of thiazole rings is 1. The van der Waals surface area contributed by atoms with Crippen molar-refractivity contribution in [2.45, 2.75) is 13.5 Å². The molecule has 0 aliphatic carbocycles. The van der Waals surface area contributed by atoms with Gasteiger partial charge in [-0.05, 0) is 25.1 Å². The minimum absolute atomic E-state index is 0.172. The number of nitrogens with zero attached hydrogens (tertiary/aromatic N) is 1. The number of carboxylic acids is 1. The fourth-order valence-electron chi connectivity index (χ4n) is 1.58.